The van der Waals surface area contributed by atoms with E-state index in [1.165, 1.54) is 0 Å². The fourth-order valence-electron chi connectivity index (χ4n) is 1.92. The van der Waals surface area contributed by atoms with Crippen molar-refractivity contribution in [1.82, 2.24) is 0 Å². The molecule has 122 valence electrons. The van der Waals surface area contributed by atoms with Crippen LogP contribution < -0.4 is 19.6 Å². The second-order valence-corrected chi connectivity index (χ2v) is 5.27. The van der Waals surface area contributed by atoms with Crippen molar-refractivity contribution in [2.45, 2.75) is 0 Å². The van der Waals surface area contributed by atoms with Gasteiger partial charge in [0.1, 0.15) is 0 Å². The molecule has 0 heterocycles. The van der Waals surface area contributed by atoms with E-state index in [2.05, 4.69) is 10.5 Å². The molecule has 2 aromatic rings. The monoisotopic (exact) mass is 354 g/mol. The summed E-state index contributed by atoms with van der Waals surface area (Å²) in [5.74, 6) is 1.65. The van der Waals surface area contributed by atoms with Crippen LogP contribution in [-0.4, -0.2) is 27.5 Å². The molecule has 0 fully saturated rings. The average molecular weight is 355 g/mol. The fraction of sp³-hybridized carbons (Fsp3) is 0.188. The van der Waals surface area contributed by atoms with Crippen molar-refractivity contribution in [2.75, 3.05) is 26.8 Å². The Labute approximate surface area is 144 Å². The van der Waals surface area contributed by atoms with Crippen molar-refractivity contribution in [2.24, 2.45) is 5.10 Å². The van der Waals surface area contributed by atoms with E-state index < -0.39 is 0 Å². The number of methoxy groups -OCH3 is 3. The molecule has 0 bridgehead atoms. The smallest absolute Gasteiger partial charge is 0.203 e. The highest BCUT2D eigenvalue weighted by Gasteiger charge is 2.12. The Morgan fingerprint density at radius 1 is 0.913 bits per heavy atom. The number of hydrogen-bond acceptors (Lipinski definition) is 5. The lowest BCUT2D eigenvalue weighted by molar-refractivity contribution is 0.324. The van der Waals surface area contributed by atoms with Gasteiger partial charge in [-0.15, -0.1) is 0 Å². The molecule has 0 amide bonds. The molecule has 0 aromatic heterocycles. The van der Waals surface area contributed by atoms with Gasteiger partial charge in [0.05, 0.1) is 43.3 Å². The molecule has 0 unspecified atom stereocenters. The summed E-state index contributed by atoms with van der Waals surface area (Å²) < 4.78 is 15.9. The van der Waals surface area contributed by atoms with E-state index >= 15 is 0 Å². The van der Waals surface area contributed by atoms with Crippen LogP contribution in [0.25, 0.3) is 0 Å². The molecule has 0 atom stereocenters. The van der Waals surface area contributed by atoms with Crippen molar-refractivity contribution in [1.29, 1.82) is 0 Å². The van der Waals surface area contributed by atoms with Crippen LogP contribution in [-0.2, 0) is 0 Å². The molecule has 0 spiro atoms. The third-order valence-corrected chi connectivity index (χ3v) is 3.75. The Morgan fingerprint density at radius 3 is 2.09 bits per heavy atom. The number of benzene rings is 2. The number of hydrogen-bond donors (Lipinski definition) is 1. The number of nitrogens with zero attached hydrogens (tertiary/aromatic N) is 1. The van der Waals surface area contributed by atoms with Crippen LogP contribution in [0.2, 0.25) is 10.0 Å². The summed E-state index contributed by atoms with van der Waals surface area (Å²) in [5, 5.41) is 5.11. The number of halogens is 2. The van der Waals surface area contributed by atoms with Gasteiger partial charge in [0.25, 0.3) is 0 Å². The van der Waals surface area contributed by atoms with Crippen molar-refractivity contribution in [3.8, 4) is 17.2 Å². The first kappa shape index (κ1) is 17.2. The van der Waals surface area contributed by atoms with Gasteiger partial charge in [-0.3, -0.25) is 5.43 Å². The number of rotatable bonds is 6. The number of anilines is 1. The largest absolute Gasteiger partial charge is 0.493 e. The van der Waals surface area contributed by atoms with E-state index in [0.29, 0.717) is 27.3 Å². The van der Waals surface area contributed by atoms with E-state index in [-0.39, 0.29) is 0 Å². The predicted octanol–water partition coefficient (Wildman–Crippen LogP) is 4.47. The Kier molecular flexibility index (Phi) is 5.96. The fourth-order valence-corrected chi connectivity index (χ4v) is 2.22. The molecule has 0 radical (unpaired) electrons. The van der Waals surface area contributed by atoms with Gasteiger partial charge in [-0.1, -0.05) is 23.2 Å². The Hall–Kier alpha value is -2.11. The molecule has 5 nitrogen and oxygen atoms in total. The molecule has 0 saturated heterocycles. The second kappa shape index (κ2) is 7.94. The zero-order chi connectivity index (χ0) is 16.8. The van der Waals surface area contributed by atoms with E-state index in [0.717, 1.165) is 11.3 Å². The minimum Gasteiger partial charge on any atom is -0.493 e. The van der Waals surface area contributed by atoms with Gasteiger partial charge in [0, 0.05) is 5.56 Å². The molecule has 0 aliphatic rings. The van der Waals surface area contributed by atoms with Crippen LogP contribution in [0.4, 0.5) is 5.69 Å². The summed E-state index contributed by atoms with van der Waals surface area (Å²) in [4.78, 5) is 0. The summed E-state index contributed by atoms with van der Waals surface area (Å²) in [6.07, 6.45) is 1.63. The molecule has 0 aliphatic heterocycles. The number of nitrogens with one attached hydrogen (secondary N) is 1. The van der Waals surface area contributed by atoms with Gasteiger partial charge in [0.15, 0.2) is 11.5 Å². The summed E-state index contributed by atoms with van der Waals surface area (Å²) in [6.45, 7) is 0. The van der Waals surface area contributed by atoms with E-state index in [1.807, 2.05) is 0 Å². The van der Waals surface area contributed by atoms with Crippen molar-refractivity contribution >= 4 is 35.1 Å². The van der Waals surface area contributed by atoms with Gasteiger partial charge < -0.3 is 14.2 Å². The Balaban J connectivity index is 2.20. The number of ether oxygens (including phenoxy) is 3. The maximum Gasteiger partial charge on any atom is 0.203 e. The van der Waals surface area contributed by atoms with Crippen LogP contribution in [0.1, 0.15) is 5.56 Å². The van der Waals surface area contributed by atoms with Crippen molar-refractivity contribution < 1.29 is 14.2 Å². The van der Waals surface area contributed by atoms with Crippen LogP contribution in [0.5, 0.6) is 17.2 Å². The van der Waals surface area contributed by atoms with Crippen LogP contribution >= 0.6 is 23.2 Å². The van der Waals surface area contributed by atoms with Crippen LogP contribution in [0.15, 0.2) is 35.4 Å². The van der Waals surface area contributed by atoms with Crippen LogP contribution in [0.3, 0.4) is 0 Å². The van der Waals surface area contributed by atoms with E-state index in [1.54, 1.807) is 57.9 Å². The average Bonchev–Trinajstić information content (AvgIpc) is 2.57. The predicted molar refractivity (Wildman–Crippen MR) is 93.8 cm³/mol. The first-order valence-corrected chi connectivity index (χ1v) is 7.38. The third-order valence-electron chi connectivity index (χ3n) is 3.01. The minimum atomic E-state index is 0.458. The van der Waals surface area contributed by atoms with Gasteiger partial charge in [-0.25, -0.2) is 0 Å². The standard InChI is InChI=1S/C16H16Cl2N2O3/c1-21-14-6-10(7-15(22-2)16(14)23-3)9-19-20-11-4-5-12(17)13(18)8-11/h4-9,20H,1-3H3/b19-9-. The second-order valence-electron chi connectivity index (χ2n) is 4.46. The molecule has 2 aromatic carbocycles. The minimum absolute atomic E-state index is 0.458. The maximum absolute atomic E-state index is 5.95. The summed E-state index contributed by atoms with van der Waals surface area (Å²) in [5.41, 5.74) is 4.39. The van der Waals surface area contributed by atoms with E-state index in [9.17, 15) is 0 Å². The maximum atomic E-state index is 5.95. The molecule has 2 rings (SSSR count). The Bertz CT molecular complexity index is 695. The molecule has 7 heteroatoms. The highest BCUT2D eigenvalue weighted by atomic mass is 35.5. The molecular formula is C16H16Cl2N2O3. The van der Waals surface area contributed by atoms with E-state index in [4.69, 9.17) is 37.4 Å². The lowest BCUT2D eigenvalue weighted by atomic mass is 10.2. The first-order chi connectivity index (χ1) is 11.1. The van der Waals surface area contributed by atoms with Crippen molar-refractivity contribution in [3.05, 3.63) is 45.9 Å². The summed E-state index contributed by atoms with van der Waals surface area (Å²) in [6, 6.07) is 8.75. The highest BCUT2D eigenvalue weighted by Crippen LogP contribution is 2.37. The molecular weight excluding hydrogens is 339 g/mol. The lowest BCUT2D eigenvalue weighted by Gasteiger charge is -2.12. The van der Waals surface area contributed by atoms with Gasteiger partial charge >= 0.3 is 0 Å². The first-order valence-electron chi connectivity index (χ1n) is 6.63. The van der Waals surface area contributed by atoms with Crippen LogP contribution in [0, 0.1) is 0 Å². The van der Waals surface area contributed by atoms with Gasteiger partial charge in [-0.2, -0.15) is 5.10 Å². The third kappa shape index (κ3) is 4.21. The van der Waals surface area contributed by atoms with Gasteiger partial charge in [0.2, 0.25) is 5.75 Å². The quantitative estimate of drug-likeness (QED) is 0.614. The number of hydrazone groups is 1. The van der Waals surface area contributed by atoms with Gasteiger partial charge in [-0.05, 0) is 30.3 Å². The molecule has 23 heavy (non-hydrogen) atoms. The molecule has 0 aliphatic carbocycles. The zero-order valence-electron chi connectivity index (χ0n) is 12.9. The Morgan fingerprint density at radius 2 is 1.57 bits per heavy atom. The van der Waals surface area contributed by atoms with Crippen molar-refractivity contribution in [3.63, 3.8) is 0 Å². The summed E-state index contributed by atoms with van der Waals surface area (Å²) >= 11 is 11.8. The summed E-state index contributed by atoms with van der Waals surface area (Å²) in [7, 11) is 4.68. The highest BCUT2D eigenvalue weighted by molar-refractivity contribution is 6.42. The topological polar surface area (TPSA) is 52.1 Å². The molecule has 1 N–H and O–H groups in total. The lowest BCUT2D eigenvalue weighted by Crippen LogP contribution is -1.97. The zero-order valence-corrected chi connectivity index (χ0v) is 14.4. The SMILES string of the molecule is COc1cc(/C=N\Nc2ccc(Cl)c(Cl)c2)cc(OC)c1OC. The normalized spacial score (nSPS) is 10.7. The molecule has 0 saturated carbocycles.